The van der Waals surface area contributed by atoms with Crippen molar-refractivity contribution in [3.05, 3.63) is 53.7 Å². The largest absolute Gasteiger partial charge is 0.508 e. The van der Waals surface area contributed by atoms with Gasteiger partial charge in [0.05, 0.1) is 17.7 Å². The average Bonchev–Trinajstić information content (AvgIpc) is 2.64. The van der Waals surface area contributed by atoms with Gasteiger partial charge in [-0.2, -0.15) is 5.26 Å². The Bertz CT molecular complexity index is 980. The summed E-state index contributed by atoms with van der Waals surface area (Å²) in [5, 5.41) is 23.4. The van der Waals surface area contributed by atoms with Gasteiger partial charge in [0.15, 0.2) is 0 Å². The first-order valence-electron chi connectivity index (χ1n) is 8.13. The highest BCUT2D eigenvalue weighted by Gasteiger charge is 2.10. The van der Waals surface area contributed by atoms with E-state index in [4.69, 9.17) is 9.47 Å². The quantitative estimate of drug-likeness (QED) is 0.657. The topological polar surface area (TPSA) is 87.4 Å². The lowest BCUT2D eigenvalue weighted by Gasteiger charge is -2.13. The number of fused-ring (bicyclic) bond motifs is 1. The Balaban J connectivity index is 1.98. The van der Waals surface area contributed by atoms with Gasteiger partial charge in [-0.15, -0.1) is 0 Å². The van der Waals surface area contributed by atoms with Crippen LogP contribution in [0.15, 0.2) is 42.6 Å². The number of phenols is 1. The fraction of sp³-hybridized carbons (Fsp3) is 0.200. The van der Waals surface area contributed by atoms with Crippen LogP contribution in [-0.4, -0.2) is 30.4 Å². The van der Waals surface area contributed by atoms with E-state index in [1.165, 1.54) is 0 Å². The minimum atomic E-state index is 0.222. The fourth-order valence-corrected chi connectivity index (χ4v) is 2.57. The van der Waals surface area contributed by atoms with Gasteiger partial charge in [-0.1, -0.05) is 6.07 Å². The molecule has 0 saturated heterocycles. The summed E-state index contributed by atoms with van der Waals surface area (Å²) < 4.78 is 10.6. The van der Waals surface area contributed by atoms with E-state index in [2.05, 4.69) is 16.4 Å². The van der Waals surface area contributed by atoms with Crippen LogP contribution in [0.5, 0.6) is 11.5 Å². The molecule has 0 atom stereocenters. The number of aryl methyl sites for hydroxylation is 1. The van der Waals surface area contributed by atoms with Crippen LogP contribution in [-0.2, 0) is 4.74 Å². The molecule has 1 aromatic heterocycles. The van der Waals surface area contributed by atoms with E-state index >= 15 is 0 Å². The van der Waals surface area contributed by atoms with Crippen molar-refractivity contribution in [2.24, 2.45) is 0 Å². The number of ether oxygens (including phenoxy) is 2. The van der Waals surface area contributed by atoms with Gasteiger partial charge >= 0.3 is 0 Å². The van der Waals surface area contributed by atoms with Crippen LogP contribution in [0, 0.1) is 18.3 Å². The first-order chi connectivity index (χ1) is 12.6. The van der Waals surface area contributed by atoms with Gasteiger partial charge in [0, 0.05) is 42.2 Å². The Morgan fingerprint density at radius 2 is 2.04 bits per heavy atom. The maximum absolute atomic E-state index is 9.89. The molecule has 3 rings (SSSR count). The molecule has 26 heavy (non-hydrogen) atoms. The molecule has 0 bridgehead atoms. The number of nitrogens with zero attached hydrogens (tertiary/aromatic N) is 2. The molecular weight excluding hydrogens is 330 g/mol. The van der Waals surface area contributed by atoms with Crippen LogP contribution in [0.25, 0.3) is 10.9 Å². The summed E-state index contributed by atoms with van der Waals surface area (Å²) in [5.41, 5.74) is 3.48. The van der Waals surface area contributed by atoms with Crippen molar-refractivity contribution in [1.82, 2.24) is 4.98 Å². The number of methoxy groups -OCH3 is 1. The predicted molar refractivity (Wildman–Crippen MR) is 100.0 cm³/mol. The monoisotopic (exact) mass is 349 g/mol. The van der Waals surface area contributed by atoms with E-state index in [0.29, 0.717) is 30.0 Å². The maximum Gasteiger partial charge on any atom is 0.139 e. The van der Waals surface area contributed by atoms with E-state index < -0.39 is 0 Å². The van der Waals surface area contributed by atoms with Crippen LogP contribution in [0.1, 0.15) is 11.1 Å². The van der Waals surface area contributed by atoms with Crippen molar-refractivity contribution >= 4 is 22.3 Å². The Morgan fingerprint density at radius 3 is 2.77 bits per heavy atom. The average molecular weight is 349 g/mol. The zero-order chi connectivity index (χ0) is 18.5. The SMILES string of the molecule is COCCOc1cc2nccc(Nc3ccc(C)c(O)c3)c2cc1C#N. The number of benzene rings is 2. The molecule has 0 amide bonds. The maximum atomic E-state index is 9.89. The highest BCUT2D eigenvalue weighted by molar-refractivity contribution is 5.94. The predicted octanol–water partition coefficient (Wildman–Crippen LogP) is 3.89. The molecule has 132 valence electrons. The second kappa shape index (κ2) is 7.72. The van der Waals surface area contributed by atoms with Crippen LogP contribution >= 0.6 is 0 Å². The van der Waals surface area contributed by atoms with Gasteiger partial charge in [0.2, 0.25) is 0 Å². The zero-order valence-electron chi connectivity index (χ0n) is 14.6. The minimum absolute atomic E-state index is 0.222. The molecule has 1 heterocycles. The number of rotatable bonds is 6. The Kier molecular flexibility index (Phi) is 5.20. The number of anilines is 2. The van der Waals surface area contributed by atoms with E-state index in [0.717, 1.165) is 22.3 Å². The molecule has 2 N–H and O–H groups in total. The number of aromatic hydroxyl groups is 1. The van der Waals surface area contributed by atoms with Gasteiger partial charge in [0.1, 0.15) is 24.2 Å². The van der Waals surface area contributed by atoms with Crippen molar-refractivity contribution in [1.29, 1.82) is 5.26 Å². The molecule has 3 aromatic rings. The summed E-state index contributed by atoms with van der Waals surface area (Å²) >= 11 is 0. The molecule has 0 spiro atoms. The number of pyridine rings is 1. The van der Waals surface area contributed by atoms with Crippen molar-refractivity contribution < 1.29 is 14.6 Å². The molecule has 0 radical (unpaired) electrons. The minimum Gasteiger partial charge on any atom is -0.508 e. The van der Waals surface area contributed by atoms with Crippen molar-refractivity contribution in [3.63, 3.8) is 0 Å². The first-order valence-corrected chi connectivity index (χ1v) is 8.13. The molecule has 0 aliphatic heterocycles. The molecule has 0 fully saturated rings. The third-order valence-corrected chi connectivity index (χ3v) is 4.00. The Morgan fingerprint density at radius 1 is 1.19 bits per heavy atom. The molecule has 6 heteroatoms. The van der Waals surface area contributed by atoms with E-state index in [1.54, 1.807) is 31.5 Å². The number of phenolic OH excluding ortho intramolecular Hbond substituents is 1. The Labute approximate surface area is 151 Å². The standard InChI is InChI=1S/C20H19N3O3/c1-13-3-4-15(10-19(13)24)23-17-5-6-22-18-11-20(26-8-7-25-2)14(12-21)9-16(17)18/h3-6,9-11,24H,7-8H2,1-2H3,(H,22,23). The lowest BCUT2D eigenvalue weighted by atomic mass is 10.1. The third kappa shape index (κ3) is 3.68. The number of hydrogen-bond acceptors (Lipinski definition) is 6. The molecule has 6 nitrogen and oxygen atoms in total. The van der Waals surface area contributed by atoms with Gasteiger partial charge < -0.3 is 19.9 Å². The summed E-state index contributed by atoms with van der Waals surface area (Å²) in [4.78, 5) is 4.37. The lowest BCUT2D eigenvalue weighted by molar-refractivity contribution is 0.146. The Hall–Kier alpha value is -3.30. The van der Waals surface area contributed by atoms with Crippen LogP contribution in [0.2, 0.25) is 0 Å². The summed E-state index contributed by atoms with van der Waals surface area (Å²) in [6, 6.07) is 12.9. The molecule has 2 aromatic carbocycles. The van der Waals surface area contributed by atoms with E-state index in [1.807, 2.05) is 25.1 Å². The van der Waals surface area contributed by atoms with Gasteiger partial charge in [-0.05, 0) is 30.7 Å². The zero-order valence-corrected chi connectivity index (χ0v) is 14.6. The van der Waals surface area contributed by atoms with Crippen LogP contribution in [0.4, 0.5) is 11.4 Å². The number of nitrogens with one attached hydrogen (secondary N) is 1. The summed E-state index contributed by atoms with van der Waals surface area (Å²) in [7, 11) is 1.59. The molecule has 0 unspecified atom stereocenters. The summed E-state index contributed by atoms with van der Waals surface area (Å²) in [6.07, 6.45) is 1.68. The lowest BCUT2D eigenvalue weighted by Crippen LogP contribution is -2.05. The number of nitriles is 1. The molecule has 0 saturated carbocycles. The van der Waals surface area contributed by atoms with E-state index in [-0.39, 0.29) is 5.75 Å². The van der Waals surface area contributed by atoms with Gasteiger partial charge in [-0.25, -0.2) is 0 Å². The summed E-state index contributed by atoms with van der Waals surface area (Å²) in [6.45, 7) is 2.64. The van der Waals surface area contributed by atoms with Crippen molar-refractivity contribution in [2.45, 2.75) is 6.92 Å². The molecule has 0 aliphatic rings. The summed E-state index contributed by atoms with van der Waals surface area (Å²) in [5.74, 6) is 0.703. The molecule has 0 aliphatic carbocycles. The third-order valence-electron chi connectivity index (χ3n) is 4.00. The number of aromatic nitrogens is 1. The normalized spacial score (nSPS) is 10.5. The van der Waals surface area contributed by atoms with Crippen molar-refractivity contribution in [3.8, 4) is 17.6 Å². The van der Waals surface area contributed by atoms with Crippen molar-refractivity contribution in [2.75, 3.05) is 25.6 Å². The van der Waals surface area contributed by atoms with Crippen LogP contribution in [0.3, 0.4) is 0 Å². The first kappa shape index (κ1) is 17.5. The fourth-order valence-electron chi connectivity index (χ4n) is 2.57. The number of hydrogen-bond donors (Lipinski definition) is 2. The smallest absolute Gasteiger partial charge is 0.139 e. The van der Waals surface area contributed by atoms with Crippen LogP contribution < -0.4 is 10.1 Å². The highest BCUT2D eigenvalue weighted by Crippen LogP contribution is 2.32. The van der Waals surface area contributed by atoms with Gasteiger partial charge in [0.25, 0.3) is 0 Å². The molecular formula is C20H19N3O3. The van der Waals surface area contributed by atoms with E-state index in [9.17, 15) is 10.4 Å². The van der Waals surface area contributed by atoms with Gasteiger partial charge in [-0.3, -0.25) is 4.98 Å². The highest BCUT2D eigenvalue weighted by atomic mass is 16.5. The second-order valence-corrected chi connectivity index (χ2v) is 5.80. The second-order valence-electron chi connectivity index (χ2n) is 5.80.